The van der Waals surface area contributed by atoms with E-state index in [0.29, 0.717) is 5.92 Å². The maximum Gasteiger partial charge on any atom is 0.195 e. The molecule has 0 fully saturated rings. The summed E-state index contributed by atoms with van der Waals surface area (Å²) in [5.41, 5.74) is 7.45. The molecule has 41 heavy (non-hydrogen) atoms. The maximum absolute atomic E-state index is 5.36. The molecule has 5 aromatic carbocycles. The van der Waals surface area contributed by atoms with Crippen LogP contribution in [0, 0.1) is 0 Å². The van der Waals surface area contributed by atoms with Crippen LogP contribution in [-0.2, 0) is 0 Å². The molecule has 9 rings (SSSR count). The second-order valence-corrected chi connectivity index (χ2v) is 12.7. The van der Waals surface area contributed by atoms with Crippen molar-refractivity contribution >= 4 is 80.4 Å². The van der Waals surface area contributed by atoms with Gasteiger partial charge in [0.25, 0.3) is 0 Å². The van der Waals surface area contributed by atoms with E-state index < -0.39 is 0 Å². The summed E-state index contributed by atoms with van der Waals surface area (Å²) in [7, 11) is 0. The summed E-state index contributed by atoms with van der Waals surface area (Å²) in [5, 5.41) is 6.24. The molecule has 0 bridgehead atoms. The Morgan fingerprint density at radius 2 is 1.37 bits per heavy atom. The highest BCUT2D eigenvalue weighted by Crippen LogP contribution is 2.47. The first kappa shape index (κ1) is 23.2. The third-order valence-corrected chi connectivity index (χ3v) is 10.7. The summed E-state index contributed by atoms with van der Waals surface area (Å²) in [6, 6.07) is 39.3. The van der Waals surface area contributed by atoms with E-state index in [1.807, 2.05) is 22.7 Å². The Bertz CT molecular complexity index is 2290. The van der Waals surface area contributed by atoms with Crippen molar-refractivity contribution in [3.05, 3.63) is 139 Å². The van der Waals surface area contributed by atoms with Crippen LogP contribution in [0.5, 0.6) is 0 Å². The molecule has 3 aromatic heterocycles. The van der Waals surface area contributed by atoms with E-state index in [1.54, 1.807) is 0 Å². The fourth-order valence-electron chi connectivity index (χ4n) is 6.48. The molecule has 0 saturated heterocycles. The highest BCUT2D eigenvalue weighted by molar-refractivity contribution is 7.28. The zero-order valence-corrected chi connectivity index (χ0v) is 23.8. The standard InChI is InChI=1S/C37H24N2S2/c1-2-10-23(11-3-1)24-18-20-25(21-19-24)29-22-30-36(34-28-14-6-9-17-33(28)40-35(29)34)41-37(38-30)39-31-15-7-4-12-26(31)27-13-5-8-16-32(27)39/h1-20,22,25H,21H2. The molecule has 0 spiro atoms. The van der Waals surface area contributed by atoms with E-state index in [4.69, 9.17) is 4.98 Å². The van der Waals surface area contributed by atoms with E-state index in [1.165, 1.54) is 63.4 Å². The van der Waals surface area contributed by atoms with Crippen molar-refractivity contribution in [2.24, 2.45) is 0 Å². The van der Waals surface area contributed by atoms with E-state index in [-0.39, 0.29) is 0 Å². The van der Waals surface area contributed by atoms with E-state index in [0.717, 1.165) is 17.1 Å². The minimum atomic E-state index is 0.320. The SMILES string of the molecule is C1=CC(c2cc3nc(-n4c5ccccc5c5ccccc54)sc3c3c2sc2ccccc23)CC=C1c1ccccc1. The van der Waals surface area contributed by atoms with Crippen molar-refractivity contribution in [3.8, 4) is 5.13 Å². The van der Waals surface area contributed by atoms with Gasteiger partial charge in [-0.05, 0) is 47.4 Å². The molecular weight excluding hydrogens is 537 g/mol. The lowest BCUT2D eigenvalue weighted by Crippen LogP contribution is -1.99. The van der Waals surface area contributed by atoms with Crippen LogP contribution < -0.4 is 0 Å². The predicted molar refractivity (Wildman–Crippen MR) is 178 cm³/mol. The molecule has 1 aliphatic rings. The molecule has 0 aliphatic heterocycles. The normalized spacial score (nSPS) is 15.5. The molecule has 1 unspecified atom stereocenters. The Balaban J connectivity index is 1.28. The smallest absolute Gasteiger partial charge is 0.195 e. The highest BCUT2D eigenvalue weighted by atomic mass is 32.1. The van der Waals surface area contributed by atoms with Gasteiger partial charge in [-0.3, -0.25) is 4.57 Å². The van der Waals surface area contributed by atoms with Crippen LogP contribution in [0.1, 0.15) is 23.5 Å². The lowest BCUT2D eigenvalue weighted by atomic mass is 9.87. The minimum Gasteiger partial charge on any atom is -0.285 e. The largest absolute Gasteiger partial charge is 0.285 e. The highest BCUT2D eigenvalue weighted by Gasteiger charge is 2.23. The predicted octanol–water partition coefficient (Wildman–Crippen LogP) is 10.9. The monoisotopic (exact) mass is 560 g/mol. The van der Waals surface area contributed by atoms with Gasteiger partial charge in [0.1, 0.15) is 0 Å². The number of thiophene rings is 1. The van der Waals surface area contributed by atoms with Gasteiger partial charge in [0.2, 0.25) is 0 Å². The Labute approximate surface area is 245 Å². The first-order valence-corrected chi connectivity index (χ1v) is 15.6. The van der Waals surface area contributed by atoms with Gasteiger partial charge in [-0.15, -0.1) is 11.3 Å². The number of nitrogens with zero attached hydrogens (tertiary/aromatic N) is 2. The first-order chi connectivity index (χ1) is 20.3. The number of allylic oxidation sites excluding steroid dienone is 4. The molecular formula is C37H24N2S2. The van der Waals surface area contributed by atoms with Crippen LogP contribution in [0.2, 0.25) is 0 Å². The van der Waals surface area contributed by atoms with Crippen molar-refractivity contribution < 1.29 is 0 Å². The molecule has 0 radical (unpaired) electrons. The number of rotatable bonds is 3. The molecule has 194 valence electrons. The number of thiazole rings is 1. The van der Waals surface area contributed by atoms with Crippen LogP contribution in [0.3, 0.4) is 0 Å². The van der Waals surface area contributed by atoms with Gasteiger partial charge in [-0.25, -0.2) is 4.98 Å². The third-order valence-electron chi connectivity index (χ3n) is 8.40. The zero-order valence-electron chi connectivity index (χ0n) is 22.1. The van der Waals surface area contributed by atoms with Gasteiger partial charge in [0, 0.05) is 36.9 Å². The van der Waals surface area contributed by atoms with Crippen molar-refractivity contribution in [3.63, 3.8) is 0 Å². The van der Waals surface area contributed by atoms with Crippen LogP contribution in [0.25, 0.3) is 62.9 Å². The van der Waals surface area contributed by atoms with Gasteiger partial charge < -0.3 is 0 Å². The molecule has 8 aromatic rings. The molecule has 3 heterocycles. The van der Waals surface area contributed by atoms with Gasteiger partial charge >= 0.3 is 0 Å². The molecule has 0 N–H and O–H groups in total. The number of fused-ring (bicyclic) bond motifs is 8. The second-order valence-electron chi connectivity index (χ2n) is 10.7. The Morgan fingerprint density at radius 3 is 2.10 bits per heavy atom. The van der Waals surface area contributed by atoms with Crippen LogP contribution >= 0.6 is 22.7 Å². The average Bonchev–Trinajstić information content (AvgIpc) is 3.72. The summed E-state index contributed by atoms with van der Waals surface area (Å²) in [6.45, 7) is 0. The summed E-state index contributed by atoms with van der Waals surface area (Å²) < 4.78 is 6.36. The van der Waals surface area contributed by atoms with Gasteiger partial charge in [-0.2, -0.15) is 0 Å². The number of hydrogen-bond acceptors (Lipinski definition) is 3. The number of hydrogen-bond donors (Lipinski definition) is 0. The lowest BCUT2D eigenvalue weighted by molar-refractivity contribution is 0.867. The van der Waals surface area contributed by atoms with Gasteiger partial charge in [0.05, 0.1) is 21.3 Å². The number of para-hydroxylation sites is 2. The van der Waals surface area contributed by atoms with Gasteiger partial charge in [0.15, 0.2) is 5.13 Å². The fourth-order valence-corrected chi connectivity index (χ4v) is 8.97. The quantitative estimate of drug-likeness (QED) is 0.210. The van der Waals surface area contributed by atoms with Crippen LogP contribution in [-0.4, -0.2) is 9.55 Å². The van der Waals surface area contributed by atoms with Crippen LogP contribution in [0.4, 0.5) is 0 Å². The Hall–Kier alpha value is -4.51. The summed E-state index contributed by atoms with van der Waals surface area (Å²) in [4.78, 5) is 5.36. The average molecular weight is 561 g/mol. The van der Waals surface area contributed by atoms with Crippen molar-refractivity contribution in [2.75, 3.05) is 0 Å². The summed E-state index contributed by atoms with van der Waals surface area (Å²) in [6.07, 6.45) is 8.08. The second kappa shape index (κ2) is 9.00. The van der Waals surface area contributed by atoms with E-state index >= 15 is 0 Å². The van der Waals surface area contributed by atoms with Crippen LogP contribution in [0.15, 0.2) is 127 Å². The molecule has 4 heteroatoms. The van der Waals surface area contributed by atoms with Gasteiger partial charge in [-0.1, -0.05) is 114 Å². The fraction of sp³-hybridized carbons (Fsp3) is 0.0541. The summed E-state index contributed by atoms with van der Waals surface area (Å²) >= 11 is 3.74. The Morgan fingerprint density at radius 1 is 0.683 bits per heavy atom. The Kier molecular flexibility index (Phi) is 5.10. The topological polar surface area (TPSA) is 17.8 Å². The molecule has 0 amide bonds. The molecule has 0 saturated carbocycles. The van der Waals surface area contributed by atoms with E-state index in [9.17, 15) is 0 Å². The van der Waals surface area contributed by atoms with Crippen molar-refractivity contribution in [2.45, 2.75) is 12.3 Å². The number of aromatic nitrogens is 2. The molecule has 1 atom stereocenters. The number of benzene rings is 5. The third kappa shape index (κ3) is 3.51. The first-order valence-electron chi connectivity index (χ1n) is 14.0. The minimum absolute atomic E-state index is 0.320. The van der Waals surface area contributed by atoms with Crippen molar-refractivity contribution in [1.29, 1.82) is 0 Å². The summed E-state index contributed by atoms with van der Waals surface area (Å²) in [5.74, 6) is 0.320. The maximum atomic E-state index is 5.36. The molecule has 1 aliphatic carbocycles. The lowest BCUT2D eigenvalue weighted by Gasteiger charge is -2.18. The molecule has 2 nitrogen and oxygen atoms in total. The van der Waals surface area contributed by atoms with E-state index in [2.05, 4.69) is 132 Å². The van der Waals surface area contributed by atoms with Crippen molar-refractivity contribution in [1.82, 2.24) is 9.55 Å². The zero-order chi connectivity index (χ0) is 26.9.